The fraction of sp³-hybridized carbons (Fsp3) is 0.300. The number of fused-ring (bicyclic) bond motifs is 1. The molecule has 1 aliphatic rings. The van der Waals surface area contributed by atoms with Crippen molar-refractivity contribution in [2.75, 3.05) is 18.4 Å². The summed E-state index contributed by atoms with van der Waals surface area (Å²) in [6, 6.07) is 15.7. The number of aryl methyl sites for hydroxylation is 1. The summed E-state index contributed by atoms with van der Waals surface area (Å²) >= 11 is 0. The highest BCUT2D eigenvalue weighted by atomic mass is 16.5. The number of rotatable bonds is 6. The van der Waals surface area contributed by atoms with Gasteiger partial charge in [-0.2, -0.15) is 5.10 Å². The Labute approximate surface area is 153 Å². The van der Waals surface area contributed by atoms with Crippen LogP contribution in [0.5, 0.6) is 11.6 Å². The predicted molar refractivity (Wildman–Crippen MR) is 101 cm³/mol. The Bertz CT molecular complexity index is 844. The predicted octanol–water partition coefficient (Wildman–Crippen LogP) is 3.21. The number of pyridine rings is 1. The van der Waals surface area contributed by atoms with Crippen LogP contribution in [-0.4, -0.2) is 27.9 Å². The molecule has 1 aliphatic heterocycles. The second-order valence-corrected chi connectivity index (χ2v) is 6.65. The van der Waals surface area contributed by atoms with Gasteiger partial charge < -0.3 is 15.4 Å². The molecular formula is C20H23N5O. The van der Waals surface area contributed by atoms with E-state index in [1.807, 2.05) is 55.6 Å². The van der Waals surface area contributed by atoms with Crippen molar-refractivity contribution in [2.24, 2.45) is 5.92 Å². The topological polar surface area (TPSA) is 64.0 Å². The quantitative estimate of drug-likeness (QED) is 0.715. The van der Waals surface area contributed by atoms with E-state index >= 15 is 0 Å². The summed E-state index contributed by atoms with van der Waals surface area (Å²) in [6.07, 6.45) is 1.86. The number of benzene rings is 1. The maximum atomic E-state index is 5.72. The van der Waals surface area contributed by atoms with Gasteiger partial charge in [0.25, 0.3) is 0 Å². The first-order valence-electron chi connectivity index (χ1n) is 8.93. The Kier molecular flexibility index (Phi) is 4.84. The molecule has 0 fully saturated rings. The van der Waals surface area contributed by atoms with Gasteiger partial charge in [-0.25, -0.2) is 9.67 Å². The molecule has 1 atom stereocenters. The minimum atomic E-state index is 0.524. The van der Waals surface area contributed by atoms with Gasteiger partial charge in [0.2, 0.25) is 5.88 Å². The normalized spacial score (nSPS) is 16.0. The monoisotopic (exact) mass is 349 g/mol. The van der Waals surface area contributed by atoms with Crippen molar-refractivity contribution >= 4 is 5.82 Å². The zero-order valence-electron chi connectivity index (χ0n) is 14.9. The molecule has 3 aromatic rings. The molecule has 6 nitrogen and oxygen atoms in total. The largest absolute Gasteiger partial charge is 0.439 e. The number of ether oxygens (including phenoxy) is 1. The number of hydrogen-bond donors (Lipinski definition) is 2. The molecule has 6 heteroatoms. The molecule has 0 amide bonds. The lowest BCUT2D eigenvalue weighted by atomic mass is 10.1. The van der Waals surface area contributed by atoms with Crippen LogP contribution in [0.25, 0.3) is 0 Å². The van der Waals surface area contributed by atoms with E-state index in [-0.39, 0.29) is 0 Å². The molecule has 0 spiro atoms. The highest BCUT2D eigenvalue weighted by molar-refractivity contribution is 5.38. The molecule has 0 radical (unpaired) electrons. The first-order valence-corrected chi connectivity index (χ1v) is 8.93. The lowest BCUT2D eigenvalue weighted by Crippen LogP contribution is -2.35. The fourth-order valence-electron chi connectivity index (χ4n) is 3.13. The number of nitrogens with one attached hydrogen (secondary N) is 2. The first kappa shape index (κ1) is 16.6. The third-order valence-corrected chi connectivity index (χ3v) is 4.43. The van der Waals surface area contributed by atoms with Crippen molar-refractivity contribution < 1.29 is 4.74 Å². The van der Waals surface area contributed by atoms with Gasteiger partial charge in [-0.05, 0) is 24.6 Å². The molecule has 0 unspecified atom stereocenters. The number of para-hydroxylation sites is 1. The summed E-state index contributed by atoms with van der Waals surface area (Å²) in [7, 11) is 0. The number of hydrogen-bond acceptors (Lipinski definition) is 5. The molecule has 0 bridgehead atoms. The van der Waals surface area contributed by atoms with Gasteiger partial charge in [0.05, 0.1) is 5.69 Å². The van der Waals surface area contributed by atoms with Crippen LogP contribution >= 0.6 is 0 Å². The van der Waals surface area contributed by atoms with Crippen molar-refractivity contribution in [1.29, 1.82) is 0 Å². The van der Waals surface area contributed by atoms with Crippen LogP contribution in [0.4, 0.5) is 5.82 Å². The van der Waals surface area contributed by atoms with Gasteiger partial charge >= 0.3 is 0 Å². The summed E-state index contributed by atoms with van der Waals surface area (Å²) in [5.74, 6) is 3.05. The van der Waals surface area contributed by atoms with E-state index < -0.39 is 0 Å². The molecule has 134 valence electrons. The minimum Gasteiger partial charge on any atom is -0.439 e. The molecule has 0 aliphatic carbocycles. The Morgan fingerprint density at radius 2 is 2.12 bits per heavy atom. The average Bonchev–Trinajstić information content (AvgIpc) is 3.03. The number of anilines is 1. The van der Waals surface area contributed by atoms with Crippen LogP contribution in [0.3, 0.4) is 0 Å². The van der Waals surface area contributed by atoms with Crippen molar-refractivity contribution in [1.82, 2.24) is 20.1 Å². The van der Waals surface area contributed by atoms with E-state index in [0.29, 0.717) is 11.8 Å². The number of nitrogens with zero attached hydrogens (tertiary/aromatic N) is 3. The molecule has 4 rings (SSSR count). The fourth-order valence-corrected chi connectivity index (χ4v) is 3.13. The maximum absolute atomic E-state index is 5.72. The molecular weight excluding hydrogens is 326 g/mol. The lowest BCUT2D eigenvalue weighted by Gasteiger charge is -2.25. The van der Waals surface area contributed by atoms with Gasteiger partial charge in [0.15, 0.2) is 0 Å². The zero-order valence-corrected chi connectivity index (χ0v) is 14.9. The molecule has 0 saturated carbocycles. The van der Waals surface area contributed by atoms with Gasteiger partial charge in [-0.15, -0.1) is 0 Å². The number of aromatic nitrogens is 3. The van der Waals surface area contributed by atoms with Gasteiger partial charge in [-0.3, -0.25) is 0 Å². The standard InChI is InChI=1S/C20H23N5O/c1-15-9-19-22-13-17(14-25(19)24-15)11-21-10-16-7-8-20(23-12-16)26-18-5-3-2-4-6-18/h2-9,12,17,21-22H,10-11,13-14H2,1H3/t17-/m1/s1. The van der Waals surface area contributed by atoms with Crippen molar-refractivity contribution in [3.63, 3.8) is 0 Å². The zero-order chi connectivity index (χ0) is 17.8. The van der Waals surface area contributed by atoms with Crippen LogP contribution in [0, 0.1) is 12.8 Å². The second-order valence-electron chi connectivity index (χ2n) is 6.65. The van der Waals surface area contributed by atoms with E-state index in [9.17, 15) is 0 Å². The molecule has 1 aromatic carbocycles. The summed E-state index contributed by atoms with van der Waals surface area (Å²) in [5.41, 5.74) is 2.20. The Morgan fingerprint density at radius 3 is 2.92 bits per heavy atom. The smallest absolute Gasteiger partial charge is 0.219 e. The van der Waals surface area contributed by atoms with Crippen molar-refractivity contribution in [3.05, 3.63) is 66.0 Å². The third-order valence-electron chi connectivity index (χ3n) is 4.43. The lowest BCUT2D eigenvalue weighted by molar-refractivity contribution is 0.390. The Hall–Kier alpha value is -2.86. The van der Waals surface area contributed by atoms with E-state index in [2.05, 4.69) is 31.5 Å². The van der Waals surface area contributed by atoms with E-state index in [1.54, 1.807) is 0 Å². The maximum Gasteiger partial charge on any atom is 0.219 e. The van der Waals surface area contributed by atoms with Gasteiger partial charge in [0, 0.05) is 50.4 Å². The second kappa shape index (κ2) is 7.58. The molecule has 26 heavy (non-hydrogen) atoms. The summed E-state index contributed by atoms with van der Waals surface area (Å²) < 4.78 is 7.78. The molecule has 2 N–H and O–H groups in total. The Morgan fingerprint density at radius 1 is 1.23 bits per heavy atom. The van der Waals surface area contributed by atoms with Crippen LogP contribution in [-0.2, 0) is 13.1 Å². The van der Waals surface area contributed by atoms with Crippen LogP contribution in [0.2, 0.25) is 0 Å². The first-order chi connectivity index (χ1) is 12.8. The molecule has 0 saturated heterocycles. The van der Waals surface area contributed by atoms with E-state index in [4.69, 9.17) is 4.74 Å². The van der Waals surface area contributed by atoms with Crippen molar-refractivity contribution in [2.45, 2.75) is 20.0 Å². The van der Waals surface area contributed by atoms with E-state index in [0.717, 1.165) is 49.0 Å². The van der Waals surface area contributed by atoms with Crippen molar-refractivity contribution in [3.8, 4) is 11.6 Å². The summed E-state index contributed by atoms with van der Waals surface area (Å²) in [5, 5.41) is 11.5. The minimum absolute atomic E-state index is 0.524. The van der Waals surface area contributed by atoms with Crippen LogP contribution in [0.15, 0.2) is 54.7 Å². The van der Waals surface area contributed by atoms with Gasteiger partial charge in [0.1, 0.15) is 11.6 Å². The Balaban J connectivity index is 1.25. The third kappa shape index (κ3) is 4.03. The van der Waals surface area contributed by atoms with E-state index in [1.165, 1.54) is 0 Å². The molecule has 3 heterocycles. The average molecular weight is 349 g/mol. The summed E-state index contributed by atoms with van der Waals surface area (Å²) in [6.45, 7) is 5.68. The van der Waals surface area contributed by atoms with Crippen LogP contribution < -0.4 is 15.4 Å². The highest BCUT2D eigenvalue weighted by Gasteiger charge is 2.18. The SMILES string of the molecule is Cc1cc2n(n1)C[C@H](CNCc1ccc(Oc3ccccc3)nc1)CN2. The highest BCUT2D eigenvalue weighted by Crippen LogP contribution is 2.19. The van der Waals surface area contributed by atoms with Crippen LogP contribution in [0.1, 0.15) is 11.3 Å². The molecule has 2 aromatic heterocycles. The summed E-state index contributed by atoms with van der Waals surface area (Å²) in [4.78, 5) is 4.38. The van der Waals surface area contributed by atoms with Gasteiger partial charge in [-0.1, -0.05) is 24.3 Å².